The molecule has 0 saturated heterocycles. The monoisotopic (exact) mass is 197 g/mol. The van der Waals surface area contributed by atoms with Crippen LogP contribution in [0.15, 0.2) is 10.6 Å². The second-order valence-corrected chi connectivity index (χ2v) is 3.66. The first-order chi connectivity index (χ1) is 6.45. The van der Waals surface area contributed by atoms with E-state index < -0.39 is 5.54 Å². The SMILES string of the molecule is CCNC(=O)c1cc(C(C)(C)N)no1. The zero-order valence-electron chi connectivity index (χ0n) is 8.63. The van der Waals surface area contributed by atoms with Crippen LogP contribution < -0.4 is 11.1 Å². The van der Waals surface area contributed by atoms with Gasteiger partial charge in [-0.05, 0) is 20.8 Å². The number of carbonyl (C=O) groups is 1. The molecule has 1 aromatic rings. The smallest absolute Gasteiger partial charge is 0.289 e. The minimum atomic E-state index is -0.589. The van der Waals surface area contributed by atoms with Crippen molar-refractivity contribution in [3.05, 3.63) is 17.5 Å². The third-order valence-corrected chi connectivity index (χ3v) is 1.73. The van der Waals surface area contributed by atoms with E-state index in [1.54, 1.807) is 19.9 Å². The molecule has 0 aliphatic carbocycles. The Morgan fingerprint density at radius 1 is 1.71 bits per heavy atom. The topological polar surface area (TPSA) is 81.2 Å². The summed E-state index contributed by atoms with van der Waals surface area (Å²) in [6, 6.07) is 1.56. The molecular formula is C9H15N3O2. The van der Waals surface area contributed by atoms with Gasteiger partial charge < -0.3 is 15.6 Å². The maximum Gasteiger partial charge on any atom is 0.289 e. The quantitative estimate of drug-likeness (QED) is 0.744. The van der Waals surface area contributed by atoms with Crippen molar-refractivity contribution >= 4 is 5.91 Å². The molecule has 0 aliphatic rings. The van der Waals surface area contributed by atoms with Crippen molar-refractivity contribution in [3.63, 3.8) is 0 Å². The van der Waals surface area contributed by atoms with Gasteiger partial charge in [-0.15, -0.1) is 0 Å². The van der Waals surface area contributed by atoms with Gasteiger partial charge in [0, 0.05) is 12.6 Å². The maximum absolute atomic E-state index is 11.3. The fourth-order valence-electron chi connectivity index (χ4n) is 0.934. The lowest BCUT2D eigenvalue weighted by Crippen LogP contribution is -2.29. The molecule has 0 aromatic carbocycles. The molecule has 0 aliphatic heterocycles. The maximum atomic E-state index is 11.3. The van der Waals surface area contributed by atoms with E-state index in [4.69, 9.17) is 10.3 Å². The molecule has 3 N–H and O–H groups in total. The summed E-state index contributed by atoms with van der Waals surface area (Å²) in [7, 11) is 0. The van der Waals surface area contributed by atoms with Gasteiger partial charge in [0.1, 0.15) is 5.69 Å². The summed E-state index contributed by atoms with van der Waals surface area (Å²) in [6.45, 7) is 5.99. The van der Waals surface area contributed by atoms with Crippen molar-refractivity contribution in [2.24, 2.45) is 5.73 Å². The Hall–Kier alpha value is -1.36. The fourth-order valence-corrected chi connectivity index (χ4v) is 0.934. The van der Waals surface area contributed by atoms with Gasteiger partial charge in [-0.2, -0.15) is 0 Å². The number of rotatable bonds is 3. The van der Waals surface area contributed by atoms with E-state index in [0.29, 0.717) is 12.2 Å². The van der Waals surface area contributed by atoms with Crippen molar-refractivity contribution in [3.8, 4) is 0 Å². The summed E-state index contributed by atoms with van der Waals surface area (Å²) in [5, 5.41) is 6.34. The molecule has 0 radical (unpaired) electrons. The second kappa shape index (κ2) is 3.79. The molecule has 0 fully saturated rings. The molecule has 0 unspecified atom stereocenters. The van der Waals surface area contributed by atoms with Gasteiger partial charge in [-0.3, -0.25) is 4.79 Å². The van der Waals surface area contributed by atoms with E-state index in [1.807, 2.05) is 6.92 Å². The zero-order chi connectivity index (χ0) is 10.8. The number of hydrogen-bond donors (Lipinski definition) is 2. The van der Waals surface area contributed by atoms with E-state index in [0.717, 1.165) is 0 Å². The molecule has 1 rings (SSSR count). The van der Waals surface area contributed by atoms with Crippen LogP contribution >= 0.6 is 0 Å². The average Bonchev–Trinajstić information content (AvgIpc) is 2.51. The van der Waals surface area contributed by atoms with E-state index in [2.05, 4.69) is 10.5 Å². The van der Waals surface area contributed by atoms with E-state index in [-0.39, 0.29) is 11.7 Å². The van der Waals surface area contributed by atoms with Crippen LogP contribution in [0, 0.1) is 0 Å². The van der Waals surface area contributed by atoms with Crippen molar-refractivity contribution in [2.45, 2.75) is 26.3 Å². The largest absolute Gasteiger partial charge is 0.351 e. The number of nitrogens with zero attached hydrogens (tertiary/aromatic N) is 1. The number of carbonyl (C=O) groups excluding carboxylic acids is 1. The van der Waals surface area contributed by atoms with Gasteiger partial charge in [-0.1, -0.05) is 5.16 Å². The predicted molar refractivity (Wildman–Crippen MR) is 51.7 cm³/mol. The fraction of sp³-hybridized carbons (Fsp3) is 0.556. The molecule has 5 heteroatoms. The minimum absolute atomic E-state index is 0.195. The lowest BCUT2D eigenvalue weighted by Gasteiger charge is -2.12. The molecule has 1 amide bonds. The van der Waals surface area contributed by atoms with E-state index in [1.165, 1.54) is 0 Å². The summed E-state index contributed by atoms with van der Waals surface area (Å²) in [5.74, 6) is -0.0733. The number of nitrogens with two attached hydrogens (primary N) is 1. The third-order valence-electron chi connectivity index (χ3n) is 1.73. The van der Waals surface area contributed by atoms with Crippen molar-refractivity contribution < 1.29 is 9.32 Å². The Bertz CT molecular complexity index is 325. The zero-order valence-corrected chi connectivity index (χ0v) is 8.63. The Kier molecular flexibility index (Phi) is 2.90. The lowest BCUT2D eigenvalue weighted by molar-refractivity contribution is 0.0918. The first kappa shape index (κ1) is 10.7. The lowest BCUT2D eigenvalue weighted by atomic mass is 10.0. The van der Waals surface area contributed by atoms with Crippen LogP contribution in [0.25, 0.3) is 0 Å². The van der Waals surface area contributed by atoms with Crippen LogP contribution in [0.5, 0.6) is 0 Å². The molecule has 14 heavy (non-hydrogen) atoms. The van der Waals surface area contributed by atoms with Gasteiger partial charge in [-0.25, -0.2) is 0 Å². The Balaban J connectivity index is 2.83. The molecule has 1 heterocycles. The first-order valence-corrected chi connectivity index (χ1v) is 4.49. The molecule has 1 aromatic heterocycles. The van der Waals surface area contributed by atoms with Crippen LogP contribution in [0.3, 0.4) is 0 Å². The predicted octanol–water partition coefficient (Wildman–Crippen LogP) is 0.618. The number of nitrogens with one attached hydrogen (secondary N) is 1. The van der Waals surface area contributed by atoms with Crippen LogP contribution in [0.2, 0.25) is 0 Å². The molecule has 5 nitrogen and oxygen atoms in total. The second-order valence-electron chi connectivity index (χ2n) is 3.66. The van der Waals surface area contributed by atoms with Crippen LogP contribution in [-0.4, -0.2) is 17.6 Å². The van der Waals surface area contributed by atoms with E-state index in [9.17, 15) is 4.79 Å². The Morgan fingerprint density at radius 2 is 2.36 bits per heavy atom. The van der Waals surface area contributed by atoms with Crippen LogP contribution in [-0.2, 0) is 5.54 Å². The molecular weight excluding hydrogens is 182 g/mol. The number of aromatic nitrogens is 1. The van der Waals surface area contributed by atoms with Gasteiger partial charge in [0.25, 0.3) is 5.91 Å². The first-order valence-electron chi connectivity index (χ1n) is 4.49. The molecule has 0 atom stereocenters. The highest BCUT2D eigenvalue weighted by atomic mass is 16.5. The van der Waals surface area contributed by atoms with Crippen molar-refractivity contribution in [1.29, 1.82) is 0 Å². The van der Waals surface area contributed by atoms with Gasteiger partial charge in [0.15, 0.2) is 0 Å². The standard InChI is InChI=1S/C9H15N3O2/c1-4-11-8(13)6-5-7(12-14-6)9(2,3)10/h5H,4,10H2,1-3H3,(H,11,13). The third kappa shape index (κ3) is 2.32. The molecule has 78 valence electrons. The highest BCUT2D eigenvalue weighted by molar-refractivity contribution is 5.91. The average molecular weight is 197 g/mol. The molecule has 0 spiro atoms. The van der Waals surface area contributed by atoms with Crippen molar-refractivity contribution in [1.82, 2.24) is 10.5 Å². The summed E-state index contributed by atoms with van der Waals surface area (Å²) in [5.41, 5.74) is 5.77. The van der Waals surface area contributed by atoms with Gasteiger partial charge in [0.2, 0.25) is 5.76 Å². The van der Waals surface area contributed by atoms with Crippen LogP contribution in [0.1, 0.15) is 37.0 Å². The van der Waals surface area contributed by atoms with E-state index >= 15 is 0 Å². The number of amides is 1. The Labute approximate surface area is 82.6 Å². The summed E-state index contributed by atoms with van der Waals surface area (Å²) in [6.07, 6.45) is 0. The van der Waals surface area contributed by atoms with Crippen LogP contribution in [0.4, 0.5) is 0 Å². The molecule has 0 bridgehead atoms. The van der Waals surface area contributed by atoms with Gasteiger partial charge in [0.05, 0.1) is 5.54 Å². The summed E-state index contributed by atoms with van der Waals surface area (Å²) in [4.78, 5) is 11.3. The minimum Gasteiger partial charge on any atom is -0.351 e. The Morgan fingerprint density at radius 3 is 2.79 bits per heavy atom. The number of hydrogen-bond acceptors (Lipinski definition) is 4. The van der Waals surface area contributed by atoms with Gasteiger partial charge >= 0.3 is 0 Å². The summed E-state index contributed by atoms with van der Waals surface area (Å²) >= 11 is 0. The normalized spacial score (nSPS) is 11.4. The summed E-state index contributed by atoms with van der Waals surface area (Å²) < 4.78 is 4.86. The highest BCUT2D eigenvalue weighted by Crippen LogP contribution is 2.16. The highest BCUT2D eigenvalue weighted by Gasteiger charge is 2.21. The van der Waals surface area contributed by atoms with Crippen molar-refractivity contribution in [2.75, 3.05) is 6.54 Å². The molecule has 0 saturated carbocycles.